The maximum absolute atomic E-state index is 14.9. The third-order valence-corrected chi connectivity index (χ3v) is 6.45. The van der Waals surface area contributed by atoms with E-state index in [1.165, 1.54) is 0 Å². The Balaban J connectivity index is 1.54. The molecule has 1 aliphatic carbocycles. The van der Waals surface area contributed by atoms with E-state index in [1.54, 1.807) is 0 Å². The van der Waals surface area contributed by atoms with E-state index in [1.807, 2.05) is 0 Å². The van der Waals surface area contributed by atoms with Crippen LogP contribution in [-0.4, -0.2) is 69.0 Å². The first-order valence-electron chi connectivity index (χ1n) is 10.9. The third kappa shape index (κ3) is 5.88. The zero-order chi connectivity index (χ0) is 28.6. The molecule has 3 aromatic rings. The minimum atomic E-state index is -4.30. The fourth-order valence-electron chi connectivity index (χ4n) is 4.03. The van der Waals surface area contributed by atoms with Crippen molar-refractivity contribution >= 4 is 21.9 Å². The fraction of sp³-hybridized carbons (Fsp3) is 0.333. The molecule has 5 N–H and O–H groups in total. The van der Waals surface area contributed by atoms with Crippen LogP contribution >= 0.6 is 0 Å². The van der Waals surface area contributed by atoms with E-state index in [4.69, 9.17) is 5.14 Å². The molecule has 12 nitrogen and oxygen atoms in total. The lowest BCUT2D eigenvalue weighted by atomic mass is 10.1. The molecule has 1 fully saturated rings. The van der Waals surface area contributed by atoms with Gasteiger partial charge in [-0.05, 0) is 18.6 Å². The van der Waals surface area contributed by atoms with Crippen LogP contribution < -0.4 is 10.5 Å². The Labute approximate surface area is 216 Å². The summed E-state index contributed by atoms with van der Waals surface area (Å²) in [6.45, 7) is -0.519. The number of nitrogens with one attached hydrogen (secondary N) is 1. The van der Waals surface area contributed by atoms with Gasteiger partial charge in [0, 0.05) is 18.3 Å². The molecule has 1 aliphatic rings. The largest absolute Gasteiger partial charge is 0.390 e. The second-order valence-electron chi connectivity index (χ2n) is 8.53. The van der Waals surface area contributed by atoms with Crippen LogP contribution in [0.3, 0.4) is 0 Å². The number of hydrogen-bond donors (Lipinski definition) is 4. The Bertz CT molecular complexity index is 1510. The number of carbonyl (C=O) groups is 1. The van der Waals surface area contributed by atoms with E-state index in [2.05, 4.69) is 24.6 Å². The van der Waals surface area contributed by atoms with Gasteiger partial charge >= 0.3 is 10.3 Å². The third-order valence-electron chi connectivity index (χ3n) is 5.99. The lowest BCUT2D eigenvalue weighted by Crippen LogP contribution is -2.36. The first kappa shape index (κ1) is 28.4. The van der Waals surface area contributed by atoms with Gasteiger partial charge in [-0.2, -0.15) is 13.5 Å². The van der Waals surface area contributed by atoms with E-state index < -0.39 is 87.7 Å². The summed E-state index contributed by atoms with van der Waals surface area (Å²) in [6.07, 6.45) is -2.52. The summed E-state index contributed by atoms with van der Waals surface area (Å²) in [6, 6.07) is 0.195. The predicted octanol–water partition coefficient (Wildman–Crippen LogP) is 0.719. The average molecular weight is 578 g/mol. The topological polar surface area (TPSA) is 183 Å². The van der Waals surface area contributed by atoms with Gasteiger partial charge in [0.1, 0.15) is 23.9 Å². The van der Waals surface area contributed by atoms with Crippen molar-refractivity contribution in [1.82, 2.24) is 19.7 Å². The minimum absolute atomic E-state index is 0.0238. The van der Waals surface area contributed by atoms with Crippen molar-refractivity contribution in [2.45, 2.75) is 31.0 Å². The van der Waals surface area contributed by atoms with Crippen LogP contribution in [0.2, 0.25) is 0 Å². The minimum Gasteiger partial charge on any atom is -0.390 e. The van der Waals surface area contributed by atoms with Gasteiger partial charge in [0.2, 0.25) is 12.1 Å². The van der Waals surface area contributed by atoms with Gasteiger partial charge in [-0.25, -0.2) is 41.7 Å². The quantitative estimate of drug-likeness (QED) is 0.122. The van der Waals surface area contributed by atoms with Crippen LogP contribution in [0, 0.1) is 29.2 Å². The molecule has 1 unspecified atom stereocenters. The molecule has 0 spiro atoms. The number of halogens is 5. The molecule has 0 amide bonds. The number of nitrogens with zero attached hydrogens (tertiary/aromatic N) is 4. The summed E-state index contributed by atoms with van der Waals surface area (Å²) in [5, 5.41) is 31.8. The number of rotatable bonds is 9. The molecule has 0 bridgehead atoms. The summed E-state index contributed by atoms with van der Waals surface area (Å²) < 4.78 is 96.0. The summed E-state index contributed by atoms with van der Waals surface area (Å²) in [5.41, 5.74) is -1.85. The molecule has 0 aliphatic heterocycles. The number of benzene rings is 1. The average Bonchev–Trinajstić information content (AvgIpc) is 3.49. The van der Waals surface area contributed by atoms with Gasteiger partial charge in [0.15, 0.2) is 23.3 Å². The molecule has 1 saturated carbocycles. The van der Waals surface area contributed by atoms with Crippen LogP contribution in [0.25, 0.3) is 0 Å². The van der Waals surface area contributed by atoms with Gasteiger partial charge < -0.3 is 15.5 Å². The van der Waals surface area contributed by atoms with Crippen molar-refractivity contribution in [3.05, 3.63) is 70.9 Å². The highest BCUT2D eigenvalue weighted by atomic mass is 32.2. The summed E-state index contributed by atoms with van der Waals surface area (Å²) in [4.78, 5) is 20.7. The molecule has 2 aromatic heterocycles. The number of ketones is 1. The Morgan fingerprint density at radius 2 is 1.92 bits per heavy atom. The Morgan fingerprint density at radius 3 is 2.62 bits per heavy atom. The highest BCUT2D eigenvalue weighted by molar-refractivity contribution is 7.84. The van der Waals surface area contributed by atoms with Crippen molar-refractivity contribution in [3.8, 4) is 0 Å². The van der Waals surface area contributed by atoms with E-state index in [0.29, 0.717) is 4.68 Å². The van der Waals surface area contributed by atoms with Gasteiger partial charge in [-0.3, -0.25) is 8.98 Å². The van der Waals surface area contributed by atoms with Crippen molar-refractivity contribution < 1.29 is 49.6 Å². The number of carbonyl (C=O) groups excluding carboxylic acids is 1. The van der Waals surface area contributed by atoms with E-state index >= 15 is 0 Å². The van der Waals surface area contributed by atoms with Crippen molar-refractivity contribution in [3.63, 3.8) is 0 Å². The Morgan fingerprint density at radius 1 is 1.21 bits per heavy atom. The molecule has 0 saturated heterocycles. The van der Waals surface area contributed by atoms with Crippen LogP contribution in [0.4, 0.5) is 27.8 Å². The molecule has 0 radical (unpaired) electrons. The molecule has 210 valence electrons. The highest BCUT2D eigenvalue weighted by Crippen LogP contribution is 2.31. The number of aliphatic hydroxyl groups excluding tert-OH is 2. The number of aliphatic hydroxyl groups is 2. The smallest absolute Gasteiger partial charge is 0.333 e. The van der Waals surface area contributed by atoms with Crippen LogP contribution in [0.5, 0.6) is 0 Å². The first-order valence-corrected chi connectivity index (χ1v) is 12.4. The number of hydrogen-bond acceptors (Lipinski definition) is 10. The summed E-state index contributed by atoms with van der Waals surface area (Å²) in [7, 11) is -4.30. The number of anilines is 1. The van der Waals surface area contributed by atoms with Gasteiger partial charge in [-0.15, -0.1) is 0 Å². The standard InChI is InChI=1S/C21H19F5N6O6S/c22-11-4-9(14(23)16(25)15(11)24)20(26)32-2-1-12(31-32)18(34)10-5-28-7-29-21(10)30-13-3-8(17(33)19(13)35)6-38-39(27,36)37/h1-2,4-5,7-8,13,17,19-20,33,35H,3,6H2,(H2,27,36,37)(H,28,29,30)/t8-,13-,17-,19+,20?/m1/s1. The zero-order valence-corrected chi connectivity index (χ0v) is 20.2. The maximum atomic E-state index is 14.9. The number of nitrogens with two attached hydrogens (primary N) is 1. The van der Waals surface area contributed by atoms with Crippen LogP contribution in [0.15, 0.2) is 30.9 Å². The second kappa shape index (κ2) is 10.9. The summed E-state index contributed by atoms with van der Waals surface area (Å²) >= 11 is 0. The number of aromatic nitrogens is 4. The molecular weight excluding hydrogens is 559 g/mol. The van der Waals surface area contributed by atoms with Gasteiger partial charge in [0.25, 0.3) is 0 Å². The Hall–Kier alpha value is -3.58. The number of alkyl halides is 1. The van der Waals surface area contributed by atoms with Crippen molar-refractivity contribution in [1.29, 1.82) is 0 Å². The molecular formula is C21H19F5N6O6S. The zero-order valence-electron chi connectivity index (χ0n) is 19.4. The molecule has 5 atom stereocenters. The lowest BCUT2D eigenvalue weighted by Gasteiger charge is -2.19. The molecule has 4 rings (SSSR count). The van der Waals surface area contributed by atoms with Crippen LogP contribution in [0.1, 0.15) is 34.3 Å². The highest BCUT2D eigenvalue weighted by Gasteiger charge is 2.42. The van der Waals surface area contributed by atoms with Crippen molar-refractivity contribution in [2.75, 3.05) is 11.9 Å². The predicted molar refractivity (Wildman–Crippen MR) is 120 cm³/mol. The second-order valence-corrected chi connectivity index (χ2v) is 9.75. The fourth-order valence-corrected chi connectivity index (χ4v) is 4.40. The Kier molecular flexibility index (Phi) is 7.94. The molecule has 18 heteroatoms. The maximum Gasteiger partial charge on any atom is 0.333 e. The van der Waals surface area contributed by atoms with Gasteiger partial charge in [0.05, 0.1) is 29.9 Å². The molecule has 39 heavy (non-hydrogen) atoms. The SMILES string of the molecule is NS(=O)(=O)OC[C@H]1C[C@@H](Nc2ncncc2C(=O)c2ccn(C(F)c3cc(F)c(F)c(F)c3F)n2)[C@H](O)[C@@H]1O. The molecule has 1 aromatic carbocycles. The summed E-state index contributed by atoms with van der Waals surface area (Å²) in [5.74, 6) is -10.0. The molecule has 2 heterocycles. The van der Waals surface area contributed by atoms with Crippen LogP contribution in [-0.2, 0) is 14.5 Å². The normalized spacial score (nSPS) is 22.2. The van der Waals surface area contributed by atoms with Gasteiger partial charge in [-0.1, -0.05) is 0 Å². The van der Waals surface area contributed by atoms with Crippen molar-refractivity contribution in [2.24, 2.45) is 11.1 Å². The first-order chi connectivity index (χ1) is 18.3. The van der Waals surface area contributed by atoms with E-state index in [0.717, 1.165) is 24.8 Å². The monoisotopic (exact) mass is 578 g/mol. The van der Waals surface area contributed by atoms with E-state index in [-0.39, 0.29) is 23.9 Å². The van der Waals surface area contributed by atoms with E-state index in [9.17, 15) is 45.4 Å². The lowest BCUT2D eigenvalue weighted by molar-refractivity contribution is 0.00778.